The van der Waals surface area contributed by atoms with E-state index in [0.29, 0.717) is 11.4 Å². The number of furan rings is 1. The van der Waals surface area contributed by atoms with Crippen molar-refractivity contribution in [1.82, 2.24) is 9.13 Å². The molecule has 1 aliphatic rings. The summed E-state index contributed by atoms with van der Waals surface area (Å²) in [7, 11) is 0. The van der Waals surface area contributed by atoms with Crippen LogP contribution in [0.25, 0.3) is 105 Å². The average molecular weight is 927 g/mol. The highest BCUT2D eigenvalue weighted by Crippen LogP contribution is 2.51. The van der Waals surface area contributed by atoms with Gasteiger partial charge in [0.15, 0.2) is 0 Å². The molecule has 0 spiro atoms. The van der Waals surface area contributed by atoms with Crippen LogP contribution in [0.1, 0.15) is 41.7 Å². The van der Waals surface area contributed by atoms with Crippen molar-refractivity contribution in [2.75, 3.05) is 0 Å². The third-order valence-corrected chi connectivity index (χ3v) is 14.8. The van der Waals surface area contributed by atoms with E-state index in [1.165, 1.54) is 82.7 Å². The Morgan fingerprint density at radius 2 is 1.01 bits per heavy atom. The summed E-state index contributed by atoms with van der Waals surface area (Å²) in [5.74, 6) is 0. The zero-order chi connectivity index (χ0) is 48.7. The van der Waals surface area contributed by atoms with Crippen LogP contribution in [-0.4, -0.2) is 14.8 Å². The number of allylic oxidation sites excluding steroid dienone is 1. The lowest BCUT2D eigenvalue weighted by Gasteiger charge is -2.21. The highest BCUT2D eigenvalue weighted by Gasteiger charge is 2.36. The molecular weight excluding hydrogens is 877 g/mol. The van der Waals surface area contributed by atoms with Gasteiger partial charge in [-0.2, -0.15) is 0 Å². The molecule has 72 heavy (non-hydrogen) atoms. The van der Waals surface area contributed by atoms with Crippen molar-refractivity contribution >= 4 is 77.0 Å². The lowest BCUT2D eigenvalue weighted by Crippen LogP contribution is -2.14. The van der Waals surface area contributed by atoms with Crippen LogP contribution in [-0.2, 0) is 5.41 Å². The number of rotatable bonds is 6. The maximum Gasteiger partial charge on any atom is 0.137 e. The van der Waals surface area contributed by atoms with Gasteiger partial charge in [-0.15, -0.1) is 0 Å². The number of hydrogen-bond acceptors (Lipinski definition) is 3. The second-order valence-electron chi connectivity index (χ2n) is 19.6. The van der Waals surface area contributed by atoms with E-state index in [2.05, 4.69) is 188 Å². The lowest BCUT2D eigenvalue weighted by molar-refractivity contribution is 0.661. The minimum absolute atomic E-state index is 0.0815. The second-order valence-corrected chi connectivity index (χ2v) is 19.6. The predicted octanol–water partition coefficient (Wildman–Crippen LogP) is 17.1. The summed E-state index contributed by atoms with van der Waals surface area (Å²) in [6.07, 6.45) is 1.69. The van der Waals surface area contributed by atoms with Gasteiger partial charge in [0, 0.05) is 60.9 Å². The molecule has 5 heteroatoms. The topological polar surface area (TPSA) is 72.9 Å². The number of aromatic nitrogens is 2. The molecule has 0 atom stereocenters. The molecule has 0 bridgehead atoms. The molecule has 3 heterocycles. The summed E-state index contributed by atoms with van der Waals surface area (Å²) >= 11 is 0. The molecule has 0 unspecified atom stereocenters. The molecule has 10 aromatic carbocycles. The van der Waals surface area contributed by atoms with E-state index in [1.54, 1.807) is 6.08 Å². The third-order valence-electron chi connectivity index (χ3n) is 14.8. The van der Waals surface area contributed by atoms with Crippen molar-refractivity contribution in [2.45, 2.75) is 26.2 Å². The first-order chi connectivity index (χ1) is 35.2. The first kappa shape index (κ1) is 42.9. The van der Waals surface area contributed by atoms with E-state index in [4.69, 9.17) is 15.6 Å². The zero-order valence-electron chi connectivity index (χ0n) is 40.3. The van der Waals surface area contributed by atoms with Gasteiger partial charge in [0.2, 0.25) is 0 Å². The van der Waals surface area contributed by atoms with Crippen molar-refractivity contribution < 1.29 is 4.42 Å². The van der Waals surface area contributed by atoms with Gasteiger partial charge in [-0.05, 0) is 136 Å². The molecule has 0 saturated heterocycles. The zero-order valence-corrected chi connectivity index (χ0v) is 40.3. The van der Waals surface area contributed by atoms with E-state index in [0.717, 1.165) is 44.3 Å². The first-order valence-electron chi connectivity index (χ1n) is 24.6. The van der Waals surface area contributed by atoms with Crippen LogP contribution in [0.4, 0.5) is 0 Å². The maximum absolute atomic E-state index is 7.95. The monoisotopic (exact) mass is 926 g/mol. The fourth-order valence-corrected chi connectivity index (χ4v) is 11.3. The van der Waals surface area contributed by atoms with Gasteiger partial charge < -0.3 is 24.7 Å². The van der Waals surface area contributed by atoms with Crippen LogP contribution in [0.2, 0.25) is 0 Å². The fraction of sp³-hybridized carbons (Fsp3) is 0.0597. The molecule has 0 saturated carbocycles. The van der Waals surface area contributed by atoms with Gasteiger partial charge in [-0.1, -0.05) is 159 Å². The van der Waals surface area contributed by atoms with Crippen LogP contribution >= 0.6 is 0 Å². The Bertz CT molecular complexity index is 4320. The Kier molecular flexibility index (Phi) is 9.98. The molecule has 5 nitrogen and oxygen atoms in total. The normalized spacial score (nSPS) is 13.0. The summed E-state index contributed by atoms with van der Waals surface area (Å²) in [6, 6.07) is 79.6. The molecule has 13 aromatic rings. The molecule has 14 rings (SSSR count). The van der Waals surface area contributed by atoms with Gasteiger partial charge in [-0.25, -0.2) is 0 Å². The van der Waals surface area contributed by atoms with E-state index < -0.39 is 0 Å². The van der Waals surface area contributed by atoms with Crippen LogP contribution in [0.5, 0.6) is 0 Å². The summed E-state index contributed by atoms with van der Waals surface area (Å²) in [5, 5.41) is 15.2. The van der Waals surface area contributed by atoms with E-state index >= 15 is 0 Å². The SMILES string of the molecule is Cc1cccc(-n2c3ccc(-c4ccc5c(c4)c4cc6c(cc4n5-c4ccccc4)oc4ccccc46)cc3c3cc4c(cc32)C(C)(C)c2ccccc2-4)c1.N=C(/C=C(\N)c1ccccc1)c1ccccc1. The number of nitrogens with zero attached hydrogens (tertiary/aromatic N) is 2. The second kappa shape index (κ2) is 16.8. The summed E-state index contributed by atoms with van der Waals surface area (Å²) in [4.78, 5) is 0. The lowest BCUT2D eigenvalue weighted by atomic mass is 9.82. The highest BCUT2D eigenvalue weighted by atomic mass is 16.3. The Morgan fingerprint density at radius 1 is 0.444 bits per heavy atom. The van der Waals surface area contributed by atoms with Gasteiger partial charge in [-0.3, -0.25) is 0 Å². The third kappa shape index (κ3) is 6.96. The number of benzene rings is 10. The molecule has 344 valence electrons. The molecule has 0 radical (unpaired) electrons. The van der Waals surface area contributed by atoms with Crippen molar-refractivity contribution in [3.8, 4) is 33.6 Å². The Morgan fingerprint density at radius 3 is 1.72 bits per heavy atom. The van der Waals surface area contributed by atoms with Crippen molar-refractivity contribution in [1.29, 1.82) is 5.41 Å². The largest absolute Gasteiger partial charge is 0.456 e. The predicted molar refractivity (Wildman–Crippen MR) is 302 cm³/mol. The number of fused-ring (bicyclic) bond motifs is 12. The number of aryl methyl sites for hydroxylation is 1. The summed E-state index contributed by atoms with van der Waals surface area (Å²) in [6.45, 7) is 6.91. The van der Waals surface area contributed by atoms with Crippen molar-refractivity contribution in [2.24, 2.45) is 5.73 Å². The molecular formula is C67H50N4O. The van der Waals surface area contributed by atoms with Gasteiger partial charge in [0.1, 0.15) is 11.2 Å². The standard InChI is InChI=1S/C52H36N2O.C15H14N2/c1-31-12-11-15-35(24-31)54-47-23-21-33(25-39(47)41-27-38-36-16-7-9-18-44(36)52(2,3)45(38)29-48(41)54)32-20-22-46-40(26-32)42-28-43-37-17-8-10-19-50(37)55-51(43)30-49(42)53(46)34-13-5-4-6-14-34;16-14(12-7-3-1-4-8-12)11-15(17)13-9-5-2-6-10-13/h4-30H,1-3H3;1-11,16H,17H2/b;15-11-,16-14?. The Hall–Kier alpha value is -9.19. The molecule has 3 aromatic heterocycles. The quantitative estimate of drug-likeness (QED) is 0.163. The minimum atomic E-state index is -0.0815. The van der Waals surface area contributed by atoms with E-state index in [-0.39, 0.29) is 5.41 Å². The van der Waals surface area contributed by atoms with E-state index in [1.807, 2.05) is 66.7 Å². The van der Waals surface area contributed by atoms with Gasteiger partial charge in [0.05, 0.1) is 27.8 Å². The maximum atomic E-state index is 7.95. The van der Waals surface area contributed by atoms with E-state index in [9.17, 15) is 0 Å². The number of nitrogens with two attached hydrogens (primary N) is 1. The molecule has 0 amide bonds. The molecule has 3 N–H and O–H groups in total. The molecule has 0 fully saturated rings. The smallest absolute Gasteiger partial charge is 0.137 e. The minimum Gasteiger partial charge on any atom is -0.456 e. The average Bonchev–Trinajstić information content (AvgIpc) is 4.12. The van der Waals surface area contributed by atoms with Gasteiger partial charge in [0.25, 0.3) is 0 Å². The summed E-state index contributed by atoms with van der Waals surface area (Å²) < 4.78 is 11.2. The molecule has 1 aliphatic carbocycles. The first-order valence-corrected chi connectivity index (χ1v) is 24.6. The van der Waals surface area contributed by atoms with Crippen LogP contribution < -0.4 is 5.73 Å². The van der Waals surface area contributed by atoms with Crippen molar-refractivity contribution in [3.05, 3.63) is 258 Å². The van der Waals surface area contributed by atoms with Crippen molar-refractivity contribution in [3.63, 3.8) is 0 Å². The highest BCUT2D eigenvalue weighted by molar-refractivity contribution is 6.18. The number of para-hydroxylation sites is 2. The Balaban J connectivity index is 0.000000253. The van der Waals surface area contributed by atoms with Crippen LogP contribution in [0, 0.1) is 12.3 Å². The molecule has 0 aliphatic heterocycles. The van der Waals surface area contributed by atoms with Crippen LogP contribution in [0.15, 0.2) is 235 Å². The summed E-state index contributed by atoms with van der Waals surface area (Å²) in [5.41, 5.74) is 26.8. The Labute approximate surface area is 417 Å². The van der Waals surface area contributed by atoms with Gasteiger partial charge >= 0.3 is 0 Å². The number of hydrogen-bond donors (Lipinski definition) is 2. The number of nitrogens with one attached hydrogen (secondary N) is 1. The van der Waals surface area contributed by atoms with Crippen LogP contribution in [0.3, 0.4) is 0 Å². The fourth-order valence-electron chi connectivity index (χ4n) is 11.3.